The zero-order valence-electron chi connectivity index (χ0n) is 17.1. The molecule has 0 radical (unpaired) electrons. The molecule has 0 aliphatic carbocycles. The highest BCUT2D eigenvalue weighted by atomic mass is 16.1. The molecule has 1 saturated heterocycles. The average Bonchev–Trinajstić information content (AvgIpc) is 3.09. The third kappa shape index (κ3) is 3.99. The van der Waals surface area contributed by atoms with Crippen molar-refractivity contribution in [3.63, 3.8) is 0 Å². The highest BCUT2D eigenvalue weighted by Crippen LogP contribution is 2.30. The van der Waals surface area contributed by atoms with Gasteiger partial charge in [0, 0.05) is 48.0 Å². The predicted octanol–water partition coefficient (Wildman–Crippen LogP) is 3.25. The minimum Gasteiger partial charge on any atom is -0.399 e. The Kier molecular flexibility index (Phi) is 4.82. The van der Waals surface area contributed by atoms with E-state index in [1.54, 1.807) is 6.20 Å². The molecule has 1 aliphatic heterocycles. The number of pyridine rings is 1. The van der Waals surface area contributed by atoms with Crippen LogP contribution in [-0.4, -0.2) is 47.5 Å². The Hall–Kier alpha value is -3.22. The van der Waals surface area contributed by atoms with E-state index in [1.165, 1.54) is 0 Å². The van der Waals surface area contributed by atoms with Crippen molar-refractivity contribution in [2.45, 2.75) is 32.4 Å². The van der Waals surface area contributed by atoms with E-state index >= 15 is 0 Å². The summed E-state index contributed by atoms with van der Waals surface area (Å²) in [5.74, 6) is 1.83. The third-order valence-electron chi connectivity index (χ3n) is 5.11. The number of hydrogen-bond donors (Lipinski definition) is 3. The van der Waals surface area contributed by atoms with E-state index in [0.29, 0.717) is 6.54 Å². The fourth-order valence-electron chi connectivity index (χ4n) is 3.86. The maximum Gasteiger partial charge on any atom is 0.152 e. The van der Waals surface area contributed by atoms with Gasteiger partial charge in [0.15, 0.2) is 5.82 Å². The van der Waals surface area contributed by atoms with Crippen LogP contribution in [0.4, 0.5) is 23.0 Å². The van der Waals surface area contributed by atoms with Crippen LogP contribution in [0.15, 0.2) is 42.6 Å². The van der Waals surface area contributed by atoms with Crippen molar-refractivity contribution in [3.8, 4) is 0 Å². The van der Waals surface area contributed by atoms with Crippen LogP contribution in [0, 0.1) is 0 Å². The molecular weight excluding hydrogens is 364 g/mol. The second-order valence-corrected chi connectivity index (χ2v) is 8.59. The van der Waals surface area contributed by atoms with Crippen molar-refractivity contribution in [2.24, 2.45) is 0 Å². The lowest BCUT2D eigenvalue weighted by Gasteiger charge is -2.41. The first-order valence-corrected chi connectivity index (χ1v) is 9.92. The molecule has 1 atom stereocenters. The number of piperazine rings is 1. The number of nitrogens with two attached hydrogens (primary N) is 1. The number of hydrogen-bond acceptors (Lipinski definition) is 6. The summed E-state index contributed by atoms with van der Waals surface area (Å²) in [5, 5.41) is 4.57. The second kappa shape index (κ2) is 7.31. The number of H-pyrrole nitrogens is 1. The molecule has 1 fully saturated rings. The van der Waals surface area contributed by atoms with E-state index in [1.807, 2.05) is 30.3 Å². The topological polar surface area (TPSA) is 90.3 Å². The number of rotatable bonds is 4. The Morgan fingerprint density at radius 1 is 1.24 bits per heavy atom. The standard InChI is InChI=1S/C22H28N6O/c1-22(2,3)26-19-5-4-8-24-21(19)27-9-10-28(17(13-27)14-29)20-12-15-11-16(23)6-7-18(15)25-20/h4-8,11-12,14,17,25-26H,9-10,13,23H2,1-3H3. The van der Waals surface area contributed by atoms with Gasteiger partial charge >= 0.3 is 0 Å². The summed E-state index contributed by atoms with van der Waals surface area (Å²) in [4.78, 5) is 24.3. The molecule has 0 amide bonds. The molecule has 0 saturated carbocycles. The number of aromatic amines is 1. The normalized spacial score (nSPS) is 17.6. The van der Waals surface area contributed by atoms with Crippen molar-refractivity contribution in [3.05, 3.63) is 42.6 Å². The molecule has 29 heavy (non-hydrogen) atoms. The number of aldehydes is 1. The summed E-state index contributed by atoms with van der Waals surface area (Å²) in [5.41, 5.74) is 8.56. The van der Waals surface area contributed by atoms with Gasteiger partial charge in [-0.1, -0.05) is 0 Å². The number of carbonyl (C=O) groups is 1. The van der Waals surface area contributed by atoms with Crippen LogP contribution in [0.5, 0.6) is 0 Å². The first-order chi connectivity index (χ1) is 13.8. The molecule has 2 aromatic heterocycles. The van der Waals surface area contributed by atoms with Crippen molar-refractivity contribution in [1.29, 1.82) is 0 Å². The Morgan fingerprint density at radius 3 is 2.83 bits per heavy atom. The molecular formula is C22H28N6O. The van der Waals surface area contributed by atoms with Crippen LogP contribution < -0.4 is 20.9 Å². The monoisotopic (exact) mass is 392 g/mol. The average molecular weight is 393 g/mol. The summed E-state index contributed by atoms with van der Waals surface area (Å²) in [6.07, 6.45) is 2.82. The van der Waals surface area contributed by atoms with Gasteiger partial charge in [0.05, 0.1) is 5.69 Å². The summed E-state index contributed by atoms with van der Waals surface area (Å²) < 4.78 is 0. The quantitative estimate of drug-likeness (QED) is 0.466. The molecule has 1 unspecified atom stereocenters. The molecule has 7 heteroatoms. The zero-order chi connectivity index (χ0) is 20.6. The van der Waals surface area contributed by atoms with Crippen molar-refractivity contribution >= 4 is 40.2 Å². The summed E-state index contributed by atoms with van der Waals surface area (Å²) in [7, 11) is 0. The lowest BCUT2D eigenvalue weighted by molar-refractivity contribution is -0.109. The van der Waals surface area contributed by atoms with Gasteiger partial charge in [-0.05, 0) is 57.2 Å². The van der Waals surface area contributed by atoms with Gasteiger partial charge in [-0.2, -0.15) is 0 Å². The van der Waals surface area contributed by atoms with E-state index in [0.717, 1.165) is 53.3 Å². The number of fused-ring (bicyclic) bond motifs is 1. The number of carbonyl (C=O) groups excluding carboxylic acids is 1. The molecule has 4 rings (SSSR count). The number of benzene rings is 1. The molecule has 7 nitrogen and oxygen atoms in total. The van der Waals surface area contributed by atoms with E-state index < -0.39 is 0 Å². The number of aromatic nitrogens is 2. The van der Waals surface area contributed by atoms with E-state index in [9.17, 15) is 4.79 Å². The lowest BCUT2D eigenvalue weighted by Crippen LogP contribution is -2.54. The van der Waals surface area contributed by atoms with Crippen LogP contribution in [0.1, 0.15) is 20.8 Å². The highest BCUT2D eigenvalue weighted by molar-refractivity contribution is 5.87. The minimum atomic E-state index is -0.265. The number of nitrogens with one attached hydrogen (secondary N) is 2. The van der Waals surface area contributed by atoms with Gasteiger partial charge < -0.3 is 30.6 Å². The van der Waals surface area contributed by atoms with Gasteiger partial charge in [0.25, 0.3) is 0 Å². The molecule has 3 heterocycles. The SMILES string of the molecule is CC(C)(C)Nc1cccnc1N1CCN(c2cc3cc(N)ccc3[nH]2)C(C=O)C1. The van der Waals surface area contributed by atoms with Gasteiger partial charge in [-0.15, -0.1) is 0 Å². The van der Waals surface area contributed by atoms with Crippen LogP contribution >= 0.6 is 0 Å². The molecule has 3 aromatic rings. The zero-order valence-corrected chi connectivity index (χ0v) is 17.1. The van der Waals surface area contributed by atoms with E-state index in [2.05, 4.69) is 51.9 Å². The van der Waals surface area contributed by atoms with Gasteiger partial charge in [0.1, 0.15) is 18.1 Å². The van der Waals surface area contributed by atoms with Crippen molar-refractivity contribution < 1.29 is 4.79 Å². The van der Waals surface area contributed by atoms with Gasteiger partial charge in [-0.25, -0.2) is 4.98 Å². The van der Waals surface area contributed by atoms with Crippen molar-refractivity contribution in [2.75, 3.05) is 40.5 Å². The lowest BCUT2D eigenvalue weighted by atomic mass is 10.1. The largest absolute Gasteiger partial charge is 0.399 e. The van der Waals surface area contributed by atoms with Gasteiger partial charge in [-0.3, -0.25) is 0 Å². The predicted molar refractivity (Wildman–Crippen MR) is 120 cm³/mol. The van der Waals surface area contributed by atoms with Crippen molar-refractivity contribution in [1.82, 2.24) is 9.97 Å². The molecule has 1 aromatic carbocycles. The van der Waals surface area contributed by atoms with Crippen LogP contribution in [0.3, 0.4) is 0 Å². The number of anilines is 4. The van der Waals surface area contributed by atoms with E-state index in [4.69, 9.17) is 5.73 Å². The molecule has 152 valence electrons. The van der Waals surface area contributed by atoms with Crippen LogP contribution in [0.2, 0.25) is 0 Å². The number of nitrogen functional groups attached to an aromatic ring is 1. The third-order valence-corrected chi connectivity index (χ3v) is 5.11. The van der Waals surface area contributed by atoms with Crippen LogP contribution in [-0.2, 0) is 4.79 Å². The van der Waals surface area contributed by atoms with Crippen LogP contribution in [0.25, 0.3) is 10.9 Å². The fourth-order valence-corrected chi connectivity index (χ4v) is 3.86. The molecule has 1 aliphatic rings. The first-order valence-electron chi connectivity index (χ1n) is 9.92. The Morgan fingerprint density at radius 2 is 2.07 bits per heavy atom. The van der Waals surface area contributed by atoms with E-state index in [-0.39, 0.29) is 11.6 Å². The maximum absolute atomic E-state index is 12.0. The Labute approximate surface area is 170 Å². The summed E-state index contributed by atoms with van der Waals surface area (Å²) >= 11 is 0. The first kappa shape index (κ1) is 19.1. The summed E-state index contributed by atoms with van der Waals surface area (Å²) in [6.45, 7) is 8.45. The smallest absolute Gasteiger partial charge is 0.152 e. The summed E-state index contributed by atoms with van der Waals surface area (Å²) in [6, 6.07) is 11.6. The Bertz CT molecular complexity index is 1020. The molecule has 0 bridgehead atoms. The van der Waals surface area contributed by atoms with Gasteiger partial charge in [0.2, 0.25) is 0 Å². The Balaban J connectivity index is 1.58. The minimum absolute atomic E-state index is 0.0735. The second-order valence-electron chi connectivity index (χ2n) is 8.59. The highest BCUT2D eigenvalue weighted by Gasteiger charge is 2.30. The maximum atomic E-state index is 12.0. The fraction of sp³-hybridized carbons (Fsp3) is 0.364. The molecule has 0 spiro atoms. The molecule has 4 N–H and O–H groups in total. The number of nitrogens with zero attached hydrogens (tertiary/aromatic N) is 3.